The molecule has 0 bridgehead atoms. The maximum Gasteiger partial charge on any atom is 0.0603 e. The van der Waals surface area contributed by atoms with E-state index in [2.05, 4.69) is 29.6 Å². The molecule has 0 amide bonds. The Hall–Kier alpha value is -0.380. The average molecular weight is 361 g/mol. The van der Waals surface area contributed by atoms with Crippen molar-refractivity contribution in [3.05, 3.63) is 63.6 Å². The van der Waals surface area contributed by atoms with Gasteiger partial charge in [0.25, 0.3) is 0 Å². The molecule has 0 saturated heterocycles. The number of nitrogens with one attached hydrogen (secondary N) is 1. The summed E-state index contributed by atoms with van der Waals surface area (Å²) in [7, 11) is 2.03. The molecular formula is C16H16Cl3NS. The number of benzene rings is 2. The van der Waals surface area contributed by atoms with E-state index in [4.69, 9.17) is 23.2 Å². The lowest BCUT2D eigenvalue weighted by Gasteiger charge is -2.19. The molecule has 0 aliphatic heterocycles. The van der Waals surface area contributed by atoms with E-state index in [9.17, 15) is 0 Å². The minimum Gasteiger partial charge on any atom is -0.315 e. The molecule has 1 aliphatic rings. The standard InChI is InChI=1S/C16H15Cl2NS.ClH/c1-19-15-8-10-4-2-3-5-12(10)16(15)20-11-6-7-13(17)14(18)9-11;/h2-7,9,15-16,19H,8H2,1H3;1H. The van der Waals surface area contributed by atoms with E-state index in [1.165, 1.54) is 11.1 Å². The molecule has 1 nitrogen and oxygen atoms in total. The number of rotatable bonds is 3. The summed E-state index contributed by atoms with van der Waals surface area (Å²) < 4.78 is 0. The summed E-state index contributed by atoms with van der Waals surface area (Å²) in [5.41, 5.74) is 2.85. The molecule has 0 saturated carbocycles. The van der Waals surface area contributed by atoms with Gasteiger partial charge in [-0.25, -0.2) is 0 Å². The molecule has 1 N–H and O–H groups in total. The monoisotopic (exact) mass is 359 g/mol. The summed E-state index contributed by atoms with van der Waals surface area (Å²) in [6, 6.07) is 15.0. The Morgan fingerprint density at radius 3 is 2.57 bits per heavy atom. The number of hydrogen-bond donors (Lipinski definition) is 1. The number of hydrogen-bond acceptors (Lipinski definition) is 2. The van der Waals surface area contributed by atoms with Crippen molar-refractivity contribution in [3.63, 3.8) is 0 Å². The first-order chi connectivity index (χ1) is 9.69. The van der Waals surface area contributed by atoms with Crippen LogP contribution >= 0.6 is 47.4 Å². The molecule has 0 aromatic heterocycles. The number of thioether (sulfide) groups is 1. The van der Waals surface area contributed by atoms with Crippen LogP contribution in [-0.2, 0) is 6.42 Å². The summed E-state index contributed by atoms with van der Waals surface area (Å²) in [6.45, 7) is 0. The molecule has 3 rings (SSSR count). The van der Waals surface area contributed by atoms with Gasteiger partial charge in [0, 0.05) is 10.9 Å². The fourth-order valence-electron chi connectivity index (χ4n) is 2.65. The third-order valence-electron chi connectivity index (χ3n) is 3.69. The highest BCUT2D eigenvalue weighted by Gasteiger charge is 2.31. The van der Waals surface area contributed by atoms with Crippen LogP contribution in [0.25, 0.3) is 0 Å². The van der Waals surface area contributed by atoms with Crippen LogP contribution in [0.15, 0.2) is 47.4 Å². The molecule has 0 radical (unpaired) electrons. The normalized spacial score (nSPS) is 20.0. The van der Waals surface area contributed by atoms with Crippen LogP contribution in [0, 0.1) is 0 Å². The molecule has 0 heterocycles. The first-order valence-electron chi connectivity index (χ1n) is 6.56. The fourth-order valence-corrected chi connectivity index (χ4v) is 4.40. The third kappa shape index (κ3) is 3.52. The van der Waals surface area contributed by atoms with Crippen LogP contribution in [-0.4, -0.2) is 13.1 Å². The van der Waals surface area contributed by atoms with Crippen molar-refractivity contribution in [2.45, 2.75) is 22.6 Å². The molecule has 112 valence electrons. The molecule has 2 unspecified atom stereocenters. The van der Waals surface area contributed by atoms with Gasteiger partial charge in [-0.1, -0.05) is 47.5 Å². The van der Waals surface area contributed by atoms with Gasteiger partial charge in [0.15, 0.2) is 0 Å². The van der Waals surface area contributed by atoms with Crippen LogP contribution in [0.4, 0.5) is 0 Å². The first-order valence-corrected chi connectivity index (χ1v) is 8.19. The number of fused-ring (bicyclic) bond motifs is 1. The smallest absolute Gasteiger partial charge is 0.0603 e. The second kappa shape index (κ2) is 7.26. The first kappa shape index (κ1) is 17.0. The second-order valence-corrected chi connectivity index (χ2v) is 6.94. The van der Waals surface area contributed by atoms with Crippen LogP contribution < -0.4 is 5.32 Å². The second-order valence-electron chi connectivity index (χ2n) is 4.91. The zero-order chi connectivity index (χ0) is 14.1. The van der Waals surface area contributed by atoms with Crippen molar-refractivity contribution >= 4 is 47.4 Å². The van der Waals surface area contributed by atoms with E-state index in [0.29, 0.717) is 21.3 Å². The van der Waals surface area contributed by atoms with Crippen LogP contribution in [0.2, 0.25) is 10.0 Å². The van der Waals surface area contributed by atoms with Crippen molar-refractivity contribution in [3.8, 4) is 0 Å². The Labute approximate surface area is 145 Å². The van der Waals surface area contributed by atoms with E-state index in [0.717, 1.165) is 11.3 Å². The Kier molecular flexibility index (Phi) is 5.87. The molecule has 2 aromatic rings. The number of likely N-dealkylation sites (N-methyl/N-ethyl adjacent to an activating group) is 1. The van der Waals surface area contributed by atoms with E-state index < -0.39 is 0 Å². The van der Waals surface area contributed by atoms with Crippen LogP contribution in [0.5, 0.6) is 0 Å². The van der Waals surface area contributed by atoms with Gasteiger partial charge in [0.1, 0.15) is 0 Å². The maximum atomic E-state index is 6.11. The molecule has 0 spiro atoms. The Morgan fingerprint density at radius 2 is 1.86 bits per heavy atom. The zero-order valence-corrected chi connectivity index (χ0v) is 14.6. The van der Waals surface area contributed by atoms with Gasteiger partial charge in [-0.3, -0.25) is 0 Å². The zero-order valence-electron chi connectivity index (χ0n) is 11.5. The Bertz CT molecular complexity index is 633. The third-order valence-corrected chi connectivity index (χ3v) is 5.79. The number of halogens is 3. The van der Waals surface area contributed by atoms with E-state index >= 15 is 0 Å². The summed E-state index contributed by atoms with van der Waals surface area (Å²) >= 11 is 13.9. The molecule has 1 aliphatic carbocycles. The molecule has 21 heavy (non-hydrogen) atoms. The van der Waals surface area contributed by atoms with E-state index in [-0.39, 0.29) is 12.4 Å². The van der Waals surface area contributed by atoms with Crippen molar-refractivity contribution < 1.29 is 0 Å². The predicted molar refractivity (Wildman–Crippen MR) is 95.3 cm³/mol. The Morgan fingerprint density at radius 1 is 1.10 bits per heavy atom. The topological polar surface area (TPSA) is 12.0 Å². The molecule has 5 heteroatoms. The summed E-state index contributed by atoms with van der Waals surface area (Å²) in [5.74, 6) is 0. The van der Waals surface area contributed by atoms with Crippen LogP contribution in [0.1, 0.15) is 16.4 Å². The summed E-state index contributed by atoms with van der Waals surface area (Å²) in [5, 5.41) is 5.06. The van der Waals surface area contributed by atoms with Crippen molar-refractivity contribution in [2.75, 3.05) is 7.05 Å². The SMILES string of the molecule is CNC1Cc2ccccc2C1Sc1ccc(Cl)c(Cl)c1.Cl. The summed E-state index contributed by atoms with van der Waals surface area (Å²) in [6.07, 6.45) is 1.08. The highest BCUT2D eigenvalue weighted by Crippen LogP contribution is 2.45. The average Bonchev–Trinajstić information content (AvgIpc) is 2.81. The van der Waals surface area contributed by atoms with Crippen molar-refractivity contribution in [1.82, 2.24) is 5.32 Å². The molecule has 0 fully saturated rings. The maximum absolute atomic E-state index is 6.11. The fraction of sp³-hybridized carbons (Fsp3) is 0.250. The van der Waals surface area contributed by atoms with Gasteiger partial charge in [0.2, 0.25) is 0 Å². The van der Waals surface area contributed by atoms with Crippen LogP contribution in [0.3, 0.4) is 0 Å². The summed E-state index contributed by atoms with van der Waals surface area (Å²) in [4.78, 5) is 1.15. The molecule has 2 atom stereocenters. The predicted octanol–water partition coefficient (Wildman–Crippen LogP) is 5.39. The lowest BCUT2D eigenvalue weighted by molar-refractivity contribution is 0.584. The largest absolute Gasteiger partial charge is 0.315 e. The molecular weight excluding hydrogens is 345 g/mol. The quantitative estimate of drug-likeness (QED) is 0.787. The molecule has 2 aromatic carbocycles. The van der Waals surface area contributed by atoms with Crippen molar-refractivity contribution in [2.24, 2.45) is 0 Å². The Balaban J connectivity index is 0.00000161. The van der Waals surface area contributed by atoms with Gasteiger partial charge in [-0.2, -0.15) is 0 Å². The van der Waals surface area contributed by atoms with Gasteiger partial charge in [-0.15, -0.1) is 24.2 Å². The highest BCUT2D eigenvalue weighted by atomic mass is 35.5. The van der Waals surface area contributed by atoms with Gasteiger partial charge < -0.3 is 5.32 Å². The minimum absolute atomic E-state index is 0. The van der Waals surface area contributed by atoms with Gasteiger partial charge >= 0.3 is 0 Å². The lowest BCUT2D eigenvalue weighted by atomic mass is 10.1. The van der Waals surface area contributed by atoms with Crippen molar-refractivity contribution in [1.29, 1.82) is 0 Å². The van der Waals surface area contributed by atoms with E-state index in [1.54, 1.807) is 0 Å². The lowest BCUT2D eigenvalue weighted by Crippen LogP contribution is -2.27. The van der Waals surface area contributed by atoms with Gasteiger partial charge in [0.05, 0.1) is 15.3 Å². The van der Waals surface area contributed by atoms with Gasteiger partial charge in [-0.05, 0) is 42.8 Å². The highest BCUT2D eigenvalue weighted by molar-refractivity contribution is 7.99. The van der Waals surface area contributed by atoms with E-state index in [1.807, 2.05) is 37.0 Å². The minimum atomic E-state index is 0.